The Morgan fingerprint density at radius 3 is 2.41 bits per heavy atom. The second-order valence-electron chi connectivity index (χ2n) is 6.78. The molecule has 0 radical (unpaired) electrons. The fourth-order valence-corrected chi connectivity index (χ4v) is 3.92. The molecule has 0 atom stereocenters. The monoisotopic (exact) mass is 384 g/mol. The van der Waals surface area contributed by atoms with Gasteiger partial charge in [-0.2, -0.15) is 5.26 Å². The van der Waals surface area contributed by atoms with Crippen LogP contribution in [-0.4, -0.2) is 19.2 Å². The highest BCUT2D eigenvalue weighted by molar-refractivity contribution is 5.90. The van der Waals surface area contributed by atoms with Crippen LogP contribution in [0.3, 0.4) is 0 Å². The normalized spacial score (nSPS) is 13.8. The van der Waals surface area contributed by atoms with E-state index < -0.39 is 0 Å². The summed E-state index contributed by atoms with van der Waals surface area (Å²) in [5.41, 5.74) is 4.85. The molecule has 1 heterocycles. The molecule has 0 spiro atoms. The maximum absolute atomic E-state index is 12.8. The van der Waals surface area contributed by atoms with Gasteiger partial charge in [0.25, 0.3) is 5.56 Å². The molecule has 0 fully saturated rings. The summed E-state index contributed by atoms with van der Waals surface area (Å²) >= 11 is 0. The maximum atomic E-state index is 12.8. The Kier molecular flexibility index (Phi) is 4.92. The van der Waals surface area contributed by atoms with Crippen molar-refractivity contribution in [2.45, 2.75) is 12.8 Å². The van der Waals surface area contributed by atoms with Gasteiger partial charge in [-0.15, -0.1) is 0 Å². The van der Waals surface area contributed by atoms with Crippen molar-refractivity contribution in [3.63, 3.8) is 0 Å². The van der Waals surface area contributed by atoms with Crippen molar-refractivity contribution in [3.05, 3.63) is 81.3 Å². The van der Waals surface area contributed by atoms with Crippen molar-refractivity contribution in [1.29, 1.82) is 5.26 Å². The van der Waals surface area contributed by atoms with E-state index in [1.807, 2.05) is 54.6 Å². The Bertz CT molecular complexity index is 1220. The van der Waals surface area contributed by atoms with Gasteiger partial charge in [0.1, 0.15) is 23.1 Å². The minimum Gasteiger partial charge on any atom is -0.496 e. The van der Waals surface area contributed by atoms with Gasteiger partial charge in [0.2, 0.25) is 0 Å². The number of benzene rings is 2. The Labute approximate surface area is 168 Å². The first-order chi connectivity index (χ1) is 14.2. The van der Waals surface area contributed by atoms with E-state index in [-0.39, 0.29) is 11.1 Å². The van der Waals surface area contributed by atoms with Crippen molar-refractivity contribution in [2.75, 3.05) is 14.2 Å². The van der Waals surface area contributed by atoms with Crippen LogP contribution in [0.15, 0.2) is 53.3 Å². The van der Waals surface area contributed by atoms with Crippen LogP contribution < -0.4 is 15.0 Å². The molecule has 0 aliphatic heterocycles. The molecule has 4 rings (SSSR count). The topological polar surface area (TPSA) is 75.1 Å². The van der Waals surface area contributed by atoms with Crippen LogP contribution in [0.5, 0.6) is 11.5 Å². The number of pyridine rings is 1. The number of ether oxygens (including phenoxy) is 2. The number of hydrogen-bond acceptors (Lipinski definition) is 4. The van der Waals surface area contributed by atoms with Crippen LogP contribution >= 0.6 is 0 Å². The van der Waals surface area contributed by atoms with E-state index in [1.165, 1.54) is 0 Å². The van der Waals surface area contributed by atoms with Crippen molar-refractivity contribution < 1.29 is 9.47 Å². The van der Waals surface area contributed by atoms with E-state index in [0.29, 0.717) is 11.3 Å². The standard InChI is InChI=1S/C24H20N2O3/c1-28-20-9-5-3-7-15(20)13-16-11-12-18-22(17-8-4-6-10-21(17)29-2)19(14-25)24(27)26-23(16)18/h3-10,13H,11-12H2,1-2H3,(H,26,27)/b16-13+. The lowest BCUT2D eigenvalue weighted by atomic mass is 9.94. The van der Waals surface area contributed by atoms with Crippen molar-refractivity contribution in [3.8, 4) is 28.7 Å². The van der Waals surface area contributed by atoms with E-state index in [0.717, 1.165) is 46.5 Å². The SMILES string of the molecule is COc1ccccc1/C=C1\CCc2c1[nH]c(=O)c(C#N)c2-c1ccccc1OC. The maximum Gasteiger partial charge on any atom is 0.266 e. The Morgan fingerprint density at radius 1 is 1.00 bits per heavy atom. The quantitative estimate of drug-likeness (QED) is 0.723. The molecule has 0 unspecified atom stereocenters. The Hall–Kier alpha value is -3.78. The van der Waals surface area contributed by atoms with Gasteiger partial charge in [-0.1, -0.05) is 36.4 Å². The summed E-state index contributed by atoms with van der Waals surface area (Å²) in [5.74, 6) is 1.41. The van der Waals surface area contributed by atoms with Crippen LogP contribution in [0.1, 0.15) is 28.8 Å². The minimum atomic E-state index is -0.389. The molecule has 3 aromatic rings. The molecule has 1 aromatic heterocycles. The van der Waals surface area contributed by atoms with Crippen molar-refractivity contribution in [2.24, 2.45) is 0 Å². The summed E-state index contributed by atoms with van der Waals surface area (Å²) in [4.78, 5) is 15.7. The van der Waals surface area contributed by atoms with Gasteiger partial charge < -0.3 is 14.5 Å². The average molecular weight is 384 g/mol. The van der Waals surface area contributed by atoms with Crippen molar-refractivity contribution >= 4 is 11.6 Å². The predicted molar refractivity (Wildman–Crippen MR) is 113 cm³/mol. The van der Waals surface area contributed by atoms with Gasteiger partial charge in [0, 0.05) is 22.4 Å². The summed E-state index contributed by atoms with van der Waals surface area (Å²) < 4.78 is 10.9. The lowest BCUT2D eigenvalue weighted by Crippen LogP contribution is -2.15. The Balaban J connectivity index is 1.96. The predicted octanol–water partition coefficient (Wildman–Crippen LogP) is 4.42. The summed E-state index contributed by atoms with van der Waals surface area (Å²) in [5, 5.41) is 9.68. The second kappa shape index (κ2) is 7.69. The molecule has 5 heteroatoms. The van der Waals surface area contributed by atoms with Crippen LogP contribution in [0.4, 0.5) is 0 Å². The molecule has 2 aromatic carbocycles. The number of aromatic amines is 1. The lowest BCUT2D eigenvalue weighted by Gasteiger charge is -2.14. The molecule has 29 heavy (non-hydrogen) atoms. The molecule has 5 nitrogen and oxygen atoms in total. The molecule has 0 bridgehead atoms. The first-order valence-electron chi connectivity index (χ1n) is 9.34. The van der Waals surface area contributed by atoms with Crippen molar-refractivity contribution in [1.82, 2.24) is 4.98 Å². The largest absolute Gasteiger partial charge is 0.496 e. The van der Waals surface area contributed by atoms with Crippen LogP contribution in [0.2, 0.25) is 0 Å². The number of aromatic nitrogens is 1. The fourth-order valence-electron chi connectivity index (χ4n) is 3.92. The number of nitriles is 1. The molecular formula is C24H20N2O3. The molecule has 144 valence electrons. The third kappa shape index (κ3) is 3.19. The number of methoxy groups -OCH3 is 2. The number of nitrogens with zero attached hydrogens (tertiary/aromatic N) is 1. The zero-order valence-electron chi connectivity index (χ0n) is 16.3. The average Bonchev–Trinajstić information content (AvgIpc) is 3.15. The van der Waals surface area contributed by atoms with E-state index >= 15 is 0 Å². The molecule has 1 N–H and O–H groups in total. The second-order valence-corrected chi connectivity index (χ2v) is 6.78. The molecule has 1 aliphatic carbocycles. The lowest BCUT2D eigenvalue weighted by molar-refractivity contribution is 0.414. The third-order valence-electron chi connectivity index (χ3n) is 5.24. The van der Waals surface area contributed by atoms with E-state index in [1.54, 1.807) is 14.2 Å². The highest BCUT2D eigenvalue weighted by Gasteiger charge is 2.27. The minimum absolute atomic E-state index is 0.117. The van der Waals surface area contributed by atoms with Gasteiger partial charge >= 0.3 is 0 Å². The number of fused-ring (bicyclic) bond motifs is 1. The van der Waals surface area contributed by atoms with Gasteiger partial charge in [0.05, 0.1) is 14.2 Å². The molecule has 1 aliphatic rings. The van der Waals surface area contributed by atoms with Gasteiger partial charge in [-0.05, 0) is 42.2 Å². The zero-order valence-corrected chi connectivity index (χ0v) is 16.3. The number of para-hydroxylation sites is 2. The van der Waals surface area contributed by atoms with Gasteiger partial charge in [0.15, 0.2) is 0 Å². The number of hydrogen-bond donors (Lipinski definition) is 1. The molecule has 0 amide bonds. The number of rotatable bonds is 4. The number of allylic oxidation sites excluding steroid dienone is 1. The summed E-state index contributed by atoms with van der Waals surface area (Å²) in [6.45, 7) is 0. The van der Waals surface area contributed by atoms with Crippen LogP contribution in [-0.2, 0) is 6.42 Å². The highest BCUT2D eigenvalue weighted by Crippen LogP contribution is 2.41. The Morgan fingerprint density at radius 2 is 1.69 bits per heavy atom. The van der Waals surface area contributed by atoms with Crippen LogP contribution in [0.25, 0.3) is 22.8 Å². The highest BCUT2D eigenvalue weighted by atomic mass is 16.5. The zero-order chi connectivity index (χ0) is 20.4. The first-order valence-corrected chi connectivity index (χ1v) is 9.34. The van der Waals surface area contributed by atoms with Gasteiger partial charge in [-0.25, -0.2) is 0 Å². The first kappa shape index (κ1) is 18.6. The third-order valence-corrected chi connectivity index (χ3v) is 5.24. The van der Waals surface area contributed by atoms with E-state index in [4.69, 9.17) is 9.47 Å². The van der Waals surface area contributed by atoms with Crippen LogP contribution in [0, 0.1) is 11.3 Å². The smallest absolute Gasteiger partial charge is 0.266 e. The number of nitrogens with one attached hydrogen (secondary N) is 1. The fraction of sp³-hybridized carbons (Fsp3) is 0.167. The molecule has 0 saturated carbocycles. The number of H-pyrrole nitrogens is 1. The summed E-state index contributed by atoms with van der Waals surface area (Å²) in [7, 11) is 3.23. The van der Waals surface area contributed by atoms with E-state index in [9.17, 15) is 10.1 Å². The van der Waals surface area contributed by atoms with Gasteiger partial charge in [-0.3, -0.25) is 4.79 Å². The summed E-state index contributed by atoms with van der Waals surface area (Å²) in [6.07, 6.45) is 3.54. The molecular weight excluding hydrogens is 364 g/mol. The summed E-state index contributed by atoms with van der Waals surface area (Å²) in [6, 6.07) is 17.3. The molecule has 0 saturated heterocycles. The van der Waals surface area contributed by atoms with E-state index in [2.05, 4.69) is 11.1 Å².